The highest BCUT2D eigenvalue weighted by Crippen LogP contribution is 2.46. The third-order valence-corrected chi connectivity index (χ3v) is 12.7. The summed E-state index contributed by atoms with van der Waals surface area (Å²) in [6.45, 7) is 0. The first kappa shape index (κ1) is 34.0. The van der Waals surface area contributed by atoms with Crippen LogP contribution in [0.2, 0.25) is 0 Å². The fourth-order valence-electron chi connectivity index (χ4n) is 8.79. The van der Waals surface area contributed by atoms with Crippen molar-refractivity contribution in [2.75, 3.05) is 4.90 Å². The van der Waals surface area contributed by atoms with Gasteiger partial charge in [0.1, 0.15) is 0 Å². The molecule has 58 heavy (non-hydrogen) atoms. The van der Waals surface area contributed by atoms with Crippen molar-refractivity contribution < 1.29 is 0 Å². The zero-order valence-electron chi connectivity index (χ0n) is 31.7. The minimum absolute atomic E-state index is 1.11. The van der Waals surface area contributed by atoms with Crippen LogP contribution >= 0.6 is 11.3 Å². The van der Waals surface area contributed by atoms with E-state index in [1.54, 1.807) is 0 Å². The summed E-state index contributed by atoms with van der Waals surface area (Å²) < 4.78 is 2.66. The molecule has 10 aromatic carbocycles. The maximum absolute atomic E-state index is 2.41. The number of hydrogen-bond donors (Lipinski definition) is 0. The van der Waals surface area contributed by atoms with Gasteiger partial charge in [-0.15, -0.1) is 11.3 Å². The number of benzene rings is 10. The van der Waals surface area contributed by atoms with Gasteiger partial charge in [-0.3, -0.25) is 0 Å². The van der Waals surface area contributed by atoms with Crippen molar-refractivity contribution in [1.29, 1.82) is 0 Å². The molecule has 1 nitrogen and oxygen atoms in total. The first-order valence-electron chi connectivity index (χ1n) is 19.8. The summed E-state index contributed by atoms with van der Waals surface area (Å²) in [5.41, 5.74) is 13.1. The van der Waals surface area contributed by atoms with Gasteiger partial charge in [0.25, 0.3) is 0 Å². The summed E-state index contributed by atoms with van der Waals surface area (Å²) in [7, 11) is 0. The van der Waals surface area contributed by atoms with Gasteiger partial charge in [-0.2, -0.15) is 0 Å². The topological polar surface area (TPSA) is 3.24 Å². The van der Waals surface area contributed by atoms with Crippen molar-refractivity contribution in [2.24, 2.45) is 0 Å². The molecule has 2 heteroatoms. The monoisotopic (exact) mass is 755 g/mol. The minimum atomic E-state index is 1.11. The van der Waals surface area contributed by atoms with E-state index in [0.29, 0.717) is 0 Å². The van der Waals surface area contributed by atoms with Crippen molar-refractivity contribution in [3.63, 3.8) is 0 Å². The Kier molecular flexibility index (Phi) is 8.42. The van der Waals surface area contributed by atoms with E-state index in [-0.39, 0.29) is 0 Å². The zero-order chi connectivity index (χ0) is 38.4. The van der Waals surface area contributed by atoms with E-state index in [1.807, 2.05) is 11.3 Å². The Morgan fingerprint density at radius 1 is 0.276 bits per heavy atom. The van der Waals surface area contributed by atoms with Gasteiger partial charge in [0, 0.05) is 37.2 Å². The van der Waals surface area contributed by atoms with E-state index in [2.05, 4.69) is 229 Å². The smallest absolute Gasteiger partial charge is 0.0467 e. The van der Waals surface area contributed by atoms with Crippen LogP contribution in [-0.2, 0) is 0 Å². The molecule has 0 unspecified atom stereocenters. The molecule has 0 N–H and O–H groups in total. The lowest BCUT2D eigenvalue weighted by atomic mass is 9.84. The fourth-order valence-corrected chi connectivity index (χ4v) is 10.0. The second-order valence-electron chi connectivity index (χ2n) is 14.8. The van der Waals surface area contributed by atoms with Crippen LogP contribution in [0.4, 0.5) is 17.1 Å². The zero-order valence-corrected chi connectivity index (χ0v) is 32.5. The summed E-state index contributed by atoms with van der Waals surface area (Å²) in [6.07, 6.45) is 0. The molecule has 0 spiro atoms. The van der Waals surface area contributed by atoms with Gasteiger partial charge in [-0.25, -0.2) is 0 Å². The van der Waals surface area contributed by atoms with Crippen LogP contribution in [0.1, 0.15) is 0 Å². The van der Waals surface area contributed by atoms with Crippen LogP contribution in [0.3, 0.4) is 0 Å². The molecule has 11 aromatic rings. The molecule has 0 fully saturated rings. The fraction of sp³-hybridized carbons (Fsp3) is 0. The summed E-state index contributed by atoms with van der Waals surface area (Å²) in [6, 6.07) is 81.8. The first-order valence-corrected chi connectivity index (χ1v) is 20.7. The first-order chi connectivity index (χ1) is 28.8. The summed E-state index contributed by atoms with van der Waals surface area (Å²) in [5.74, 6) is 0. The molecule has 1 heterocycles. The molecule has 0 aliphatic carbocycles. The van der Waals surface area contributed by atoms with Crippen LogP contribution in [0.15, 0.2) is 224 Å². The second kappa shape index (κ2) is 14.4. The molecule has 0 amide bonds. The van der Waals surface area contributed by atoms with Crippen molar-refractivity contribution in [1.82, 2.24) is 0 Å². The van der Waals surface area contributed by atoms with Crippen molar-refractivity contribution in [2.45, 2.75) is 0 Å². The van der Waals surface area contributed by atoms with Crippen LogP contribution < -0.4 is 4.90 Å². The third kappa shape index (κ3) is 5.86. The molecule has 0 saturated heterocycles. The number of para-hydroxylation sites is 1. The van der Waals surface area contributed by atoms with Crippen LogP contribution in [0.25, 0.3) is 86.2 Å². The summed E-state index contributed by atoms with van der Waals surface area (Å²) in [4.78, 5) is 2.37. The average Bonchev–Trinajstić information content (AvgIpc) is 3.69. The molecule has 0 bridgehead atoms. The Bertz CT molecular complexity index is 3260. The number of rotatable bonds is 7. The maximum Gasteiger partial charge on any atom is 0.0467 e. The molecule has 1 aromatic heterocycles. The third-order valence-electron chi connectivity index (χ3n) is 11.4. The number of nitrogens with zero attached hydrogens (tertiary/aromatic N) is 1. The Labute approximate surface area is 342 Å². The largest absolute Gasteiger partial charge is 0.310 e. The lowest BCUT2D eigenvalue weighted by Crippen LogP contribution is -2.09. The van der Waals surface area contributed by atoms with E-state index in [9.17, 15) is 0 Å². The number of anilines is 3. The molecule has 11 rings (SSSR count). The van der Waals surface area contributed by atoms with E-state index < -0.39 is 0 Å². The van der Waals surface area contributed by atoms with Gasteiger partial charge < -0.3 is 4.90 Å². The Balaban J connectivity index is 1.05. The molecule has 0 atom stereocenters. The van der Waals surface area contributed by atoms with Gasteiger partial charge in [-0.1, -0.05) is 176 Å². The predicted molar refractivity (Wildman–Crippen MR) is 251 cm³/mol. The van der Waals surface area contributed by atoms with Crippen LogP contribution in [0.5, 0.6) is 0 Å². The van der Waals surface area contributed by atoms with Crippen LogP contribution in [-0.4, -0.2) is 0 Å². The van der Waals surface area contributed by atoms with E-state index in [0.717, 1.165) is 17.1 Å². The van der Waals surface area contributed by atoms with Gasteiger partial charge in [-0.05, 0) is 115 Å². The lowest BCUT2D eigenvalue weighted by molar-refractivity contribution is 1.28. The Morgan fingerprint density at radius 3 is 1.52 bits per heavy atom. The lowest BCUT2D eigenvalue weighted by Gasteiger charge is -2.26. The van der Waals surface area contributed by atoms with E-state index in [1.165, 1.54) is 86.2 Å². The average molecular weight is 756 g/mol. The van der Waals surface area contributed by atoms with Gasteiger partial charge in [0.05, 0.1) is 0 Å². The number of fused-ring (bicyclic) bond motifs is 6. The number of thiophene rings is 1. The van der Waals surface area contributed by atoms with Crippen molar-refractivity contribution in [3.8, 4) is 44.5 Å². The van der Waals surface area contributed by atoms with E-state index >= 15 is 0 Å². The molecule has 0 aliphatic rings. The predicted octanol–water partition coefficient (Wildman–Crippen LogP) is 16.5. The minimum Gasteiger partial charge on any atom is -0.310 e. The van der Waals surface area contributed by atoms with Gasteiger partial charge >= 0.3 is 0 Å². The summed E-state index contributed by atoms with van der Waals surface area (Å²) >= 11 is 1.88. The molecule has 0 radical (unpaired) electrons. The Morgan fingerprint density at radius 2 is 0.776 bits per heavy atom. The molecule has 272 valence electrons. The summed E-state index contributed by atoms with van der Waals surface area (Å²) in [5, 5.41) is 7.67. The SMILES string of the molecule is c1ccc(-c2c(-c3ccccc3)c3cc(-c4cccc(N(c5ccccc5)c5ccc(-c6cccc7c6sc6ccccc67)cc5)c4)ccc3c3ccccc23)cc1. The quantitative estimate of drug-likeness (QED) is 0.146. The number of hydrogen-bond acceptors (Lipinski definition) is 2. The molecular formula is C56H37NS. The van der Waals surface area contributed by atoms with Gasteiger partial charge in [0.2, 0.25) is 0 Å². The standard InChI is InChI=1S/C56H37NS/c1-4-16-39(17-5-1)54-50-26-11-10-24-47(50)48-35-32-42(37-52(48)55(54)40-18-6-2-7-19-40)41-20-14-23-45(36-41)57(43-21-8-3-9-22-43)44-33-30-38(31-34-44)46-27-15-28-51-49-25-12-13-29-53(49)58-56(46)51/h1-37H. The highest BCUT2D eigenvalue weighted by Gasteiger charge is 2.19. The van der Waals surface area contributed by atoms with E-state index in [4.69, 9.17) is 0 Å². The Hall–Kier alpha value is -7.26. The normalized spacial score (nSPS) is 11.4. The molecule has 0 aliphatic heterocycles. The van der Waals surface area contributed by atoms with Crippen molar-refractivity contribution >= 4 is 70.1 Å². The van der Waals surface area contributed by atoms with Crippen LogP contribution in [0, 0.1) is 0 Å². The van der Waals surface area contributed by atoms with Gasteiger partial charge in [0.15, 0.2) is 0 Å². The van der Waals surface area contributed by atoms with Crippen molar-refractivity contribution in [3.05, 3.63) is 224 Å². The second-order valence-corrected chi connectivity index (χ2v) is 15.9. The maximum atomic E-state index is 2.41. The highest BCUT2D eigenvalue weighted by molar-refractivity contribution is 7.26. The molecular weight excluding hydrogens is 719 g/mol. The highest BCUT2D eigenvalue weighted by atomic mass is 32.1. The molecule has 0 saturated carbocycles.